The first-order valence-corrected chi connectivity index (χ1v) is 7.34. The molecule has 2 aromatic rings. The fourth-order valence-electron chi connectivity index (χ4n) is 1.93. The number of aromatic nitrogens is 1. The molecule has 0 saturated heterocycles. The van der Waals surface area contributed by atoms with Crippen molar-refractivity contribution in [2.75, 3.05) is 19.0 Å². The van der Waals surface area contributed by atoms with Crippen molar-refractivity contribution in [1.82, 2.24) is 15.8 Å². The number of nitrogens with zero attached hydrogens (tertiary/aromatic N) is 2. The summed E-state index contributed by atoms with van der Waals surface area (Å²) < 4.78 is 0. The fraction of sp³-hybridized carbons (Fsp3) is 0.235. The van der Waals surface area contributed by atoms with Crippen LogP contribution in [0.25, 0.3) is 0 Å². The molecular formula is C17H20N4O2. The van der Waals surface area contributed by atoms with E-state index in [4.69, 9.17) is 0 Å². The van der Waals surface area contributed by atoms with Crippen molar-refractivity contribution in [2.24, 2.45) is 0 Å². The Bertz CT molecular complexity index is 679. The van der Waals surface area contributed by atoms with Crippen molar-refractivity contribution >= 4 is 17.6 Å². The number of aryl methyl sites for hydroxylation is 1. The number of hydrogen-bond donors (Lipinski definition) is 2. The normalized spacial score (nSPS) is 10.0. The first-order valence-electron chi connectivity index (χ1n) is 7.34. The summed E-state index contributed by atoms with van der Waals surface area (Å²) in [6.07, 6.45) is 2.38. The quantitative estimate of drug-likeness (QED) is 0.844. The van der Waals surface area contributed by atoms with Crippen molar-refractivity contribution < 1.29 is 9.59 Å². The van der Waals surface area contributed by atoms with Crippen molar-refractivity contribution in [1.29, 1.82) is 0 Å². The SMILES string of the molecule is CCc1ccc(C(=O)NNC(=O)c2ccc(N(C)C)nc2)cc1. The van der Waals surface area contributed by atoms with Gasteiger partial charge in [0.2, 0.25) is 0 Å². The van der Waals surface area contributed by atoms with Crippen LogP contribution < -0.4 is 15.8 Å². The Hall–Kier alpha value is -2.89. The first kappa shape index (κ1) is 16.5. The monoisotopic (exact) mass is 312 g/mol. The maximum Gasteiger partial charge on any atom is 0.271 e. The van der Waals surface area contributed by atoms with Crippen LogP contribution in [-0.4, -0.2) is 30.9 Å². The smallest absolute Gasteiger partial charge is 0.271 e. The zero-order valence-corrected chi connectivity index (χ0v) is 13.5. The number of anilines is 1. The molecule has 0 atom stereocenters. The highest BCUT2D eigenvalue weighted by atomic mass is 16.2. The molecule has 1 aromatic heterocycles. The Morgan fingerprint density at radius 2 is 1.52 bits per heavy atom. The van der Waals surface area contributed by atoms with Crippen LogP contribution in [0.2, 0.25) is 0 Å². The maximum absolute atomic E-state index is 12.0. The van der Waals surface area contributed by atoms with Gasteiger partial charge in [-0.25, -0.2) is 4.98 Å². The molecule has 2 N–H and O–H groups in total. The number of pyridine rings is 1. The standard InChI is InChI=1S/C17H20N4O2/c1-4-12-5-7-13(8-6-12)16(22)19-20-17(23)14-9-10-15(18-11-14)21(2)3/h5-11H,4H2,1-3H3,(H,19,22)(H,20,23). The molecule has 2 rings (SSSR count). The predicted molar refractivity (Wildman–Crippen MR) is 89.3 cm³/mol. The van der Waals surface area contributed by atoms with Crippen molar-refractivity contribution in [3.63, 3.8) is 0 Å². The van der Waals surface area contributed by atoms with Gasteiger partial charge in [0.05, 0.1) is 5.56 Å². The van der Waals surface area contributed by atoms with Gasteiger partial charge in [-0.15, -0.1) is 0 Å². The van der Waals surface area contributed by atoms with E-state index in [9.17, 15) is 9.59 Å². The summed E-state index contributed by atoms with van der Waals surface area (Å²) in [6, 6.07) is 10.6. The van der Waals surface area contributed by atoms with Gasteiger partial charge in [-0.2, -0.15) is 0 Å². The van der Waals surface area contributed by atoms with E-state index in [0.29, 0.717) is 11.1 Å². The van der Waals surface area contributed by atoms with Gasteiger partial charge in [0.15, 0.2) is 0 Å². The van der Waals surface area contributed by atoms with Crippen LogP contribution in [0.1, 0.15) is 33.2 Å². The van der Waals surface area contributed by atoms with Gasteiger partial charge < -0.3 is 4.90 Å². The van der Waals surface area contributed by atoms with E-state index in [1.807, 2.05) is 38.1 Å². The predicted octanol–water partition coefficient (Wildman–Crippen LogP) is 1.78. The minimum Gasteiger partial charge on any atom is -0.363 e. The van der Waals surface area contributed by atoms with Gasteiger partial charge in [-0.1, -0.05) is 19.1 Å². The largest absolute Gasteiger partial charge is 0.363 e. The van der Waals surface area contributed by atoms with Gasteiger partial charge >= 0.3 is 0 Å². The minimum atomic E-state index is -0.415. The molecule has 0 aliphatic heterocycles. The minimum absolute atomic E-state index is 0.362. The lowest BCUT2D eigenvalue weighted by atomic mass is 10.1. The van der Waals surface area contributed by atoms with Crippen LogP contribution >= 0.6 is 0 Å². The van der Waals surface area contributed by atoms with Gasteiger partial charge in [0, 0.05) is 25.9 Å². The van der Waals surface area contributed by atoms with E-state index >= 15 is 0 Å². The molecule has 1 aromatic carbocycles. The van der Waals surface area contributed by atoms with E-state index in [1.54, 1.807) is 24.3 Å². The van der Waals surface area contributed by atoms with Crippen LogP contribution in [0.5, 0.6) is 0 Å². The molecule has 0 bridgehead atoms. The van der Waals surface area contributed by atoms with Crippen LogP contribution in [0.3, 0.4) is 0 Å². The molecule has 0 unspecified atom stereocenters. The molecule has 120 valence electrons. The molecular weight excluding hydrogens is 292 g/mol. The van der Waals surface area contributed by atoms with Crippen LogP contribution in [-0.2, 0) is 6.42 Å². The second kappa shape index (κ2) is 7.40. The van der Waals surface area contributed by atoms with Crippen molar-refractivity contribution in [3.05, 3.63) is 59.3 Å². The second-order valence-corrected chi connectivity index (χ2v) is 5.26. The molecule has 6 heteroatoms. The van der Waals surface area contributed by atoms with E-state index in [1.165, 1.54) is 6.20 Å². The molecule has 0 spiro atoms. The Labute approximate surface area is 135 Å². The molecule has 1 heterocycles. The van der Waals surface area contributed by atoms with E-state index in [0.717, 1.165) is 17.8 Å². The number of carbonyl (C=O) groups excluding carboxylic acids is 2. The summed E-state index contributed by atoms with van der Waals surface area (Å²) in [5.41, 5.74) is 6.79. The average Bonchev–Trinajstić information content (AvgIpc) is 2.59. The van der Waals surface area contributed by atoms with Gasteiger partial charge in [-0.3, -0.25) is 20.4 Å². The molecule has 0 aliphatic carbocycles. The fourth-order valence-corrected chi connectivity index (χ4v) is 1.93. The molecule has 0 saturated carbocycles. The molecule has 0 aliphatic rings. The third kappa shape index (κ3) is 4.29. The highest BCUT2D eigenvalue weighted by Crippen LogP contribution is 2.08. The number of benzene rings is 1. The summed E-state index contributed by atoms with van der Waals surface area (Å²) >= 11 is 0. The summed E-state index contributed by atoms with van der Waals surface area (Å²) in [5, 5.41) is 0. The summed E-state index contributed by atoms with van der Waals surface area (Å²) in [6.45, 7) is 2.05. The highest BCUT2D eigenvalue weighted by molar-refractivity contribution is 5.99. The number of hydrogen-bond acceptors (Lipinski definition) is 4. The Morgan fingerprint density at radius 1 is 0.957 bits per heavy atom. The number of hydrazine groups is 1. The molecule has 6 nitrogen and oxygen atoms in total. The Morgan fingerprint density at radius 3 is 2.00 bits per heavy atom. The number of amides is 2. The zero-order chi connectivity index (χ0) is 16.8. The van der Waals surface area contributed by atoms with E-state index < -0.39 is 5.91 Å². The van der Waals surface area contributed by atoms with Gasteiger partial charge in [-0.05, 0) is 36.2 Å². The number of carbonyl (C=O) groups is 2. The van der Waals surface area contributed by atoms with Crippen LogP contribution in [0.15, 0.2) is 42.6 Å². The summed E-state index contributed by atoms with van der Waals surface area (Å²) in [4.78, 5) is 30.0. The van der Waals surface area contributed by atoms with Gasteiger partial charge in [0.1, 0.15) is 5.82 Å². The van der Waals surface area contributed by atoms with E-state index in [2.05, 4.69) is 15.8 Å². The zero-order valence-electron chi connectivity index (χ0n) is 13.5. The lowest BCUT2D eigenvalue weighted by molar-refractivity contribution is 0.0846. The second-order valence-electron chi connectivity index (χ2n) is 5.26. The highest BCUT2D eigenvalue weighted by Gasteiger charge is 2.10. The number of nitrogens with one attached hydrogen (secondary N) is 2. The van der Waals surface area contributed by atoms with E-state index in [-0.39, 0.29) is 5.91 Å². The molecule has 0 fully saturated rings. The Kier molecular flexibility index (Phi) is 5.30. The third-order valence-corrected chi connectivity index (χ3v) is 3.38. The number of rotatable bonds is 4. The lowest BCUT2D eigenvalue weighted by Crippen LogP contribution is -2.41. The molecule has 2 amide bonds. The molecule has 0 radical (unpaired) electrons. The Balaban J connectivity index is 1.93. The molecule has 23 heavy (non-hydrogen) atoms. The van der Waals surface area contributed by atoms with Crippen LogP contribution in [0, 0.1) is 0 Å². The summed E-state index contributed by atoms with van der Waals surface area (Å²) in [5.74, 6) is -0.0261. The third-order valence-electron chi connectivity index (χ3n) is 3.38. The maximum atomic E-state index is 12.0. The van der Waals surface area contributed by atoms with Crippen LogP contribution in [0.4, 0.5) is 5.82 Å². The van der Waals surface area contributed by atoms with Crippen molar-refractivity contribution in [3.8, 4) is 0 Å². The van der Waals surface area contributed by atoms with Gasteiger partial charge in [0.25, 0.3) is 11.8 Å². The van der Waals surface area contributed by atoms with Crippen molar-refractivity contribution in [2.45, 2.75) is 13.3 Å². The lowest BCUT2D eigenvalue weighted by Gasteiger charge is -2.11. The summed E-state index contributed by atoms with van der Waals surface area (Å²) in [7, 11) is 3.73. The first-order chi connectivity index (χ1) is 11.0. The average molecular weight is 312 g/mol. The topological polar surface area (TPSA) is 74.3 Å².